The van der Waals surface area contributed by atoms with E-state index in [1.807, 2.05) is 0 Å². The molecule has 1 aliphatic rings. The highest BCUT2D eigenvalue weighted by molar-refractivity contribution is 6.33. The second-order valence-electron chi connectivity index (χ2n) is 5.45. The number of halogens is 1. The van der Waals surface area contributed by atoms with Crippen molar-refractivity contribution in [2.75, 3.05) is 18.4 Å². The van der Waals surface area contributed by atoms with Crippen molar-refractivity contribution in [3.63, 3.8) is 0 Å². The Bertz CT molecular complexity index is 548. The van der Waals surface area contributed by atoms with Gasteiger partial charge in [0, 0.05) is 18.8 Å². The third-order valence-electron chi connectivity index (χ3n) is 3.75. The molecule has 2 rings (SSSR count). The number of hydrogen-bond donors (Lipinski definition) is 2. The Labute approximate surface area is 128 Å². The highest BCUT2D eigenvalue weighted by Crippen LogP contribution is 2.22. The van der Waals surface area contributed by atoms with E-state index in [1.54, 1.807) is 11.0 Å². The first-order valence-corrected chi connectivity index (χ1v) is 7.44. The summed E-state index contributed by atoms with van der Waals surface area (Å²) in [4.78, 5) is 25.0. The maximum atomic E-state index is 12.2. The molecule has 1 atom stereocenters. The zero-order chi connectivity index (χ0) is 15.4. The van der Waals surface area contributed by atoms with Crippen molar-refractivity contribution in [2.45, 2.75) is 26.2 Å². The molecular weight excluding hydrogens is 292 g/mol. The molecule has 1 aromatic rings. The van der Waals surface area contributed by atoms with Gasteiger partial charge in [0.15, 0.2) is 0 Å². The van der Waals surface area contributed by atoms with Crippen molar-refractivity contribution in [3.05, 3.63) is 28.8 Å². The van der Waals surface area contributed by atoms with E-state index in [1.165, 1.54) is 12.1 Å². The predicted octanol–water partition coefficient (Wildman–Crippen LogP) is 3.69. The zero-order valence-electron chi connectivity index (χ0n) is 11.9. The lowest BCUT2D eigenvalue weighted by atomic mass is 10.0. The Morgan fingerprint density at radius 3 is 2.81 bits per heavy atom. The molecule has 1 aromatic carbocycles. The molecule has 0 saturated carbocycles. The van der Waals surface area contributed by atoms with Crippen LogP contribution in [0.15, 0.2) is 18.2 Å². The summed E-state index contributed by atoms with van der Waals surface area (Å²) in [5.74, 6) is -0.475. The molecule has 1 aliphatic heterocycles. The van der Waals surface area contributed by atoms with E-state index in [-0.39, 0.29) is 16.6 Å². The monoisotopic (exact) mass is 310 g/mol. The van der Waals surface area contributed by atoms with Gasteiger partial charge in [0.1, 0.15) is 0 Å². The molecule has 21 heavy (non-hydrogen) atoms. The van der Waals surface area contributed by atoms with Gasteiger partial charge in [-0.3, -0.25) is 0 Å². The fourth-order valence-electron chi connectivity index (χ4n) is 2.44. The van der Waals surface area contributed by atoms with Crippen LogP contribution < -0.4 is 5.32 Å². The van der Waals surface area contributed by atoms with Crippen molar-refractivity contribution in [2.24, 2.45) is 5.92 Å². The summed E-state index contributed by atoms with van der Waals surface area (Å²) in [7, 11) is 0. The number of benzene rings is 1. The van der Waals surface area contributed by atoms with Gasteiger partial charge in [-0.2, -0.15) is 0 Å². The highest BCUT2D eigenvalue weighted by atomic mass is 35.5. The standard InChI is InChI=1S/C15H19ClN2O3/c1-10-3-2-7-18(8-6-10)15(21)17-11-4-5-13(16)12(9-11)14(19)20/h4-5,9-10H,2-3,6-8H2,1H3,(H,17,21)(H,19,20). The number of nitrogens with zero attached hydrogens (tertiary/aromatic N) is 1. The lowest BCUT2D eigenvalue weighted by Gasteiger charge is -2.21. The number of aromatic carboxylic acids is 1. The van der Waals surface area contributed by atoms with E-state index in [4.69, 9.17) is 16.7 Å². The number of rotatable bonds is 2. The minimum Gasteiger partial charge on any atom is -0.478 e. The first-order valence-electron chi connectivity index (χ1n) is 7.06. The van der Waals surface area contributed by atoms with Crippen molar-refractivity contribution < 1.29 is 14.7 Å². The second-order valence-corrected chi connectivity index (χ2v) is 5.86. The van der Waals surface area contributed by atoms with Crippen LogP contribution in [0.1, 0.15) is 36.5 Å². The van der Waals surface area contributed by atoms with Crippen molar-refractivity contribution in [1.82, 2.24) is 4.90 Å². The molecule has 0 radical (unpaired) electrons. The van der Waals surface area contributed by atoms with Crippen LogP contribution in [-0.4, -0.2) is 35.1 Å². The summed E-state index contributed by atoms with van der Waals surface area (Å²) >= 11 is 5.81. The van der Waals surface area contributed by atoms with Crippen LogP contribution in [0.3, 0.4) is 0 Å². The van der Waals surface area contributed by atoms with E-state index >= 15 is 0 Å². The zero-order valence-corrected chi connectivity index (χ0v) is 12.7. The molecule has 1 unspecified atom stereocenters. The molecule has 1 heterocycles. The highest BCUT2D eigenvalue weighted by Gasteiger charge is 2.19. The maximum absolute atomic E-state index is 12.2. The molecule has 0 bridgehead atoms. The third-order valence-corrected chi connectivity index (χ3v) is 4.08. The molecule has 1 fully saturated rings. The fraction of sp³-hybridized carbons (Fsp3) is 0.467. The number of carbonyl (C=O) groups is 2. The number of urea groups is 1. The Balaban J connectivity index is 2.05. The summed E-state index contributed by atoms with van der Waals surface area (Å²) in [6, 6.07) is 4.27. The minimum absolute atomic E-state index is 0.0149. The maximum Gasteiger partial charge on any atom is 0.337 e. The number of carboxylic acids is 1. The van der Waals surface area contributed by atoms with Gasteiger partial charge in [-0.15, -0.1) is 0 Å². The average molecular weight is 311 g/mol. The Morgan fingerprint density at radius 2 is 2.10 bits per heavy atom. The molecular formula is C15H19ClN2O3. The van der Waals surface area contributed by atoms with Gasteiger partial charge >= 0.3 is 12.0 Å². The minimum atomic E-state index is -1.11. The molecule has 0 spiro atoms. The summed E-state index contributed by atoms with van der Waals surface area (Å²) in [5, 5.41) is 11.9. The molecule has 114 valence electrons. The molecule has 0 aliphatic carbocycles. The third kappa shape index (κ3) is 4.11. The first-order chi connectivity index (χ1) is 9.97. The number of anilines is 1. The molecule has 2 N–H and O–H groups in total. The number of hydrogen-bond acceptors (Lipinski definition) is 2. The SMILES string of the molecule is CC1CCCN(C(=O)Nc2ccc(Cl)c(C(=O)O)c2)CC1. The predicted molar refractivity (Wildman–Crippen MR) is 82.0 cm³/mol. The van der Waals surface area contributed by atoms with Crippen LogP contribution in [0.2, 0.25) is 5.02 Å². The van der Waals surface area contributed by atoms with E-state index in [9.17, 15) is 9.59 Å². The smallest absolute Gasteiger partial charge is 0.337 e. The molecule has 0 aromatic heterocycles. The topological polar surface area (TPSA) is 69.6 Å². The normalized spacial score (nSPS) is 19.0. The van der Waals surface area contributed by atoms with Crippen molar-refractivity contribution in [3.8, 4) is 0 Å². The summed E-state index contributed by atoms with van der Waals surface area (Å²) in [6.07, 6.45) is 3.12. The Hall–Kier alpha value is -1.75. The summed E-state index contributed by atoms with van der Waals surface area (Å²) < 4.78 is 0. The van der Waals surface area contributed by atoms with E-state index in [2.05, 4.69) is 12.2 Å². The van der Waals surface area contributed by atoms with Crippen LogP contribution in [-0.2, 0) is 0 Å². The second kappa shape index (κ2) is 6.80. The average Bonchev–Trinajstić information content (AvgIpc) is 2.65. The van der Waals surface area contributed by atoms with Crippen molar-refractivity contribution in [1.29, 1.82) is 0 Å². The van der Waals surface area contributed by atoms with Gasteiger partial charge in [0.05, 0.1) is 10.6 Å². The Kier molecular flexibility index (Phi) is 5.07. The van der Waals surface area contributed by atoms with Crippen LogP contribution in [0.5, 0.6) is 0 Å². The largest absolute Gasteiger partial charge is 0.478 e. The lowest BCUT2D eigenvalue weighted by Crippen LogP contribution is -2.35. The summed E-state index contributed by atoms with van der Waals surface area (Å²) in [5.41, 5.74) is 0.429. The molecule has 6 heteroatoms. The van der Waals surface area contributed by atoms with Crippen LogP contribution >= 0.6 is 11.6 Å². The number of amides is 2. The first kappa shape index (κ1) is 15.6. The van der Waals surface area contributed by atoms with Gasteiger partial charge in [0.2, 0.25) is 0 Å². The van der Waals surface area contributed by atoms with Gasteiger partial charge in [-0.25, -0.2) is 9.59 Å². The quantitative estimate of drug-likeness (QED) is 0.875. The summed E-state index contributed by atoms with van der Waals surface area (Å²) in [6.45, 7) is 3.65. The van der Waals surface area contributed by atoms with Crippen LogP contribution in [0.4, 0.5) is 10.5 Å². The van der Waals surface area contributed by atoms with Crippen molar-refractivity contribution >= 4 is 29.3 Å². The van der Waals surface area contributed by atoms with Crippen LogP contribution in [0, 0.1) is 5.92 Å². The van der Waals surface area contributed by atoms with Gasteiger partial charge in [-0.05, 0) is 43.4 Å². The van der Waals surface area contributed by atoms with Gasteiger partial charge in [-0.1, -0.05) is 18.5 Å². The number of likely N-dealkylation sites (tertiary alicyclic amines) is 1. The number of nitrogens with one attached hydrogen (secondary N) is 1. The lowest BCUT2D eigenvalue weighted by molar-refractivity contribution is 0.0697. The molecule has 5 nitrogen and oxygen atoms in total. The fourth-order valence-corrected chi connectivity index (χ4v) is 2.63. The number of carbonyl (C=O) groups excluding carboxylic acids is 1. The van der Waals surface area contributed by atoms with E-state index in [0.29, 0.717) is 11.6 Å². The Morgan fingerprint density at radius 1 is 1.33 bits per heavy atom. The van der Waals surface area contributed by atoms with Gasteiger partial charge in [0.25, 0.3) is 0 Å². The number of carboxylic acid groups (broad SMARTS) is 1. The van der Waals surface area contributed by atoms with E-state index in [0.717, 1.165) is 32.4 Å². The van der Waals surface area contributed by atoms with E-state index < -0.39 is 5.97 Å². The van der Waals surface area contributed by atoms with Gasteiger partial charge < -0.3 is 15.3 Å². The molecule has 1 saturated heterocycles. The molecule has 2 amide bonds. The van der Waals surface area contributed by atoms with Crippen LogP contribution in [0.25, 0.3) is 0 Å².